The average Bonchev–Trinajstić information content (AvgIpc) is 3.37. The van der Waals surface area contributed by atoms with Gasteiger partial charge in [-0.2, -0.15) is 0 Å². The predicted molar refractivity (Wildman–Crippen MR) is 138 cm³/mol. The van der Waals surface area contributed by atoms with Gasteiger partial charge in [0.25, 0.3) is 0 Å². The Labute approximate surface area is 210 Å². The van der Waals surface area contributed by atoms with E-state index in [1.54, 1.807) is 0 Å². The zero-order valence-corrected chi connectivity index (χ0v) is 22.4. The zero-order chi connectivity index (χ0) is 21.7. The van der Waals surface area contributed by atoms with Crippen LogP contribution in [0.4, 0.5) is 0 Å². The number of aromatic nitrogens is 3. The van der Waals surface area contributed by atoms with E-state index in [4.69, 9.17) is 9.73 Å². The highest BCUT2D eigenvalue weighted by Gasteiger charge is 2.38. The Bertz CT molecular complexity index is 741. The summed E-state index contributed by atoms with van der Waals surface area (Å²) in [4.78, 5) is 7.49. The highest BCUT2D eigenvalue weighted by molar-refractivity contribution is 14.0. The molecule has 1 aromatic heterocycles. The number of likely N-dealkylation sites (tertiary alicyclic amines) is 1. The van der Waals surface area contributed by atoms with Crippen molar-refractivity contribution in [3.63, 3.8) is 0 Å². The van der Waals surface area contributed by atoms with Gasteiger partial charge in [-0.1, -0.05) is 26.2 Å². The molecule has 2 N–H and O–H groups in total. The Morgan fingerprint density at radius 2 is 2.00 bits per heavy atom. The van der Waals surface area contributed by atoms with Gasteiger partial charge in [0.2, 0.25) is 0 Å². The van der Waals surface area contributed by atoms with Gasteiger partial charge in [-0.05, 0) is 58.5 Å². The Morgan fingerprint density at radius 1 is 1.19 bits per heavy atom. The van der Waals surface area contributed by atoms with E-state index in [0.29, 0.717) is 18.6 Å². The van der Waals surface area contributed by atoms with E-state index < -0.39 is 0 Å². The zero-order valence-electron chi connectivity index (χ0n) is 20.1. The number of ether oxygens (including phenoxy) is 1. The summed E-state index contributed by atoms with van der Waals surface area (Å²) >= 11 is 0. The van der Waals surface area contributed by atoms with Crippen molar-refractivity contribution in [3.8, 4) is 0 Å². The first kappa shape index (κ1) is 25.7. The van der Waals surface area contributed by atoms with E-state index in [1.165, 1.54) is 51.5 Å². The molecule has 32 heavy (non-hydrogen) atoms. The van der Waals surface area contributed by atoms with Gasteiger partial charge in [-0.25, -0.2) is 4.99 Å². The fourth-order valence-electron chi connectivity index (χ4n) is 5.54. The summed E-state index contributed by atoms with van der Waals surface area (Å²) in [5.41, 5.74) is 0.0877. The number of aryl methyl sites for hydroxylation is 1. The first-order chi connectivity index (χ1) is 15.1. The average molecular weight is 560 g/mol. The molecule has 182 valence electrons. The molecule has 9 heteroatoms. The van der Waals surface area contributed by atoms with Crippen molar-refractivity contribution in [2.24, 2.45) is 12.0 Å². The molecular formula is C23H42IN7O. The number of halogens is 1. The molecule has 3 fully saturated rings. The maximum Gasteiger partial charge on any atom is 0.191 e. The Morgan fingerprint density at radius 3 is 2.72 bits per heavy atom. The van der Waals surface area contributed by atoms with Crippen molar-refractivity contribution in [1.82, 2.24) is 30.3 Å². The first-order valence-electron chi connectivity index (χ1n) is 12.4. The van der Waals surface area contributed by atoms with Gasteiger partial charge in [-0.15, -0.1) is 34.2 Å². The summed E-state index contributed by atoms with van der Waals surface area (Å²) < 4.78 is 8.32. The summed E-state index contributed by atoms with van der Waals surface area (Å²) in [7, 11) is 2.00. The lowest BCUT2D eigenvalue weighted by molar-refractivity contribution is -0.107. The van der Waals surface area contributed by atoms with Gasteiger partial charge in [-0.3, -0.25) is 4.90 Å². The minimum Gasteiger partial charge on any atom is -0.375 e. The number of guanidine groups is 1. The van der Waals surface area contributed by atoms with E-state index in [9.17, 15) is 0 Å². The van der Waals surface area contributed by atoms with Gasteiger partial charge in [0.15, 0.2) is 11.8 Å². The van der Waals surface area contributed by atoms with Gasteiger partial charge in [0, 0.05) is 32.3 Å². The van der Waals surface area contributed by atoms with Gasteiger partial charge >= 0.3 is 0 Å². The van der Waals surface area contributed by atoms with Gasteiger partial charge < -0.3 is 19.9 Å². The second-order valence-corrected chi connectivity index (χ2v) is 9.62. The molecule has 1 aliphatic carbocycles. The second kappa shape index (κ2) is 12.0. The minimum absolute atomic E-state index is 0. The molecule has 1 spiro atoms. The molecule has 2 atom stereocenters. The Balaban J connectivity index is 0.00000289. The fourth-order valence-corrected chi connectivity index (χ4v) is 5.54. The predicted octanol–water partition coefficient (Wildman–Crippen LogP) is 3.14. The summed E-state index contributed by atoms with van der Waals surface area (Å²) in [5.74, 6) is 2.72. The molecule has 0 radical (unpaired) electrons. The van der Waals surface area contributed by atoms with Crippen LogP contribution in [-0.4, -0.2) is 69.5 Å². The van der Waals surface area contributed by atoms with E-state index in [-0.39, 0.29) is 29.6 Å². The quantitative estimate of drug-likeness (QED) is 0.317. The second-order valence-electron chi connectivity index (χ2n) is 9.62. The molecule has 2 unspecified atom stereocenters. The van der Waals surface area contributed by atoms with Crippen molar-refractivity contribution in [2.75, 3.05) is 26.2 Å². The van der Waals surface area contributed by atoms with Crippen molar-refractivity contribution >= 4 is 29.9 Å². The number of nitrogens with zero attached hydrogens (tertiary/aromatic N) is 5. The number of aliphatic imine (C=N–C) groups is 1. The highest BCUT2D eigenvalue weighted by atomic mass is 127. The first-order valence-corrected chi connectivity index (χ1v) is 12.4. The van der Waals surface area contributed by atoms with Crippen LogP contribution in [-0.2, 0) is 18.3 Å². The molecule has 0 aromatic carbocycles. The lowest BCUT2D eigenvalue weighted by atomic mass is 9.78. The van der Waals surface area contributed by atoms with Crippen molar-refractivity contribution < 1.29 is 4.74 Å². The van der Waals surface area contributed by atoms with Crippen molar-refractivity contribution in [1.29, 1.82) is 0 Å². The summed E-state index contributed by atoms with van der Waals surface area (Å²) in [6.45, 7) is 8.88. The molecule has 3 heterocycles. The maximum atomic E-state index is 6.31. The molecule has 1 aromatic rings. The molecular weight excluding hydrogens is 517 g/mol. The normalized spacial score (nSPS) is 26.2. The van der Waals surface area contributed by atoms with Crippen molar-refractivity contribution in [2.45, 2.75) is 95.9 Å². The van der Waals surface area contributed by atoms with Crippen LogP contribution in [0.15, 0.2) is 4.99 Å². The topological polar surface area (TPSA) is 79.6 Å². The molecule has 2 aliphatic heterocycles. The third kappa shape index (κ3) is 6.34. The highest BCUT2D eigenvalue weighted by Crippen LogP contribution is 2.38. The third-order valence-electron chi connectivity index (χ3n) is 7.57. The van der Waals surface area contributed by atoms with E-state index in [2.05, 4.69) is 32.7 Å². The largest absolute Gasteiger partial charge is 0.375 e. The number of rotatable bonds is 6. The van der Waals surface area contributed by atoms with Gasteiger partial charge in [0.05, 0.1) is 5.60 Å². The van der Waals surface area contributed by atoms with Crippen LogP contribution in [0.1, 0.15) is 76.4 Å². The maximum absolute atomic E-state index is 6.31. The molecule has 2 saturated heterocycles. The van der Waals surface area contributed by atoms with Crippen LogP contribution in [0.3, 0.4) is 0 Å². The van der Waals surface area contributed by atoms with E-state index >= 15 is 0 Å². The van der Waals surface area contributed by atoms with Crippen LogP contribution < -0.4 is 10.6 Å². The number of hydrogen-bond donors (Lipinski definition) is 2. The fraction of sp³-hybridized carbons (Fsp3) is 0.870. The number of hydrogen-bond acceptors (Lipinski definition) is 5. The van der Waals surface area contributed by atoms with Crippen LogP contribution in [0.5, 0.6) is 0 Å². The smallest absolute Gasteiger partial charge is 0.191 e. The van der Waals surface area contributed by atoms with Crippen LogP contribution in [0.2, 0.25) is 0 Å². The molecule has 0 bridgehead atoms. The SMILES string of the molecule is CCN1CCCC1CNC(=NCc1nnc(C)n1C)NC1CCOC2(CCCCC2)C1.I. The molecule has 4 rings (SSSR count). The third-order valence-corrected chi connectivity index (χ3v) is 7.57. The van der Waals surface area contributed by atoms with Crippen LogP contribution >= 0.6 is 24.0 Å². The summed E-state index contributed by atoms with van der Waals surface area (Å²) in [5, 5.41) is 15.9. The molecule has 0 amide bonds. The summed E-state index contributed by atoms with van der Waals surface area (Å²) in [6, 6.07) is 0.999. The van der Waals surface area contributed by atoms with Crippen LogP contribution in [0.25, 0.3) is 0 Å². The van der Waals surface area contributed by atoms with Gasteiger partial charge in [0.1, 0.15) is 12.4 Å². The molecule has 8 nitrogen and oxygen atoms in total. The van der Waals surface area contributed by atoms with Crippen LogP contribution in [0, 0.1) is 6.92 Å². The molecule has 3 aliphatic rings. The van der Waals surface area contributed by atoms with E-state index in [1.807, 2.05) is 18.5 Å². The summed E-state index contributed by atoms with van der Waals surface area (Å²) in [6.07, 6.45) is 11.0. The van der Waals surface area contributed by atoms with Crippen molar-refractivity contribution in [3.05, 3.63) is 11.6 Å². The lowest BCUT2D eigenvalue weighted by Gasteiger charge is -2.44. The Kier molecular flexibility index (Phi) is 9.60. The monoisotopic (exact) mass is 559 g/mol. The minimum atomic E-state index is 0. The lowest BCUT2D eigenvalue weighted by Crippen LogP contribution is -2.53. The van der Waals surface area contributed by atoms with E-state index in [0.717, 1.165) is 50.1 Å². The number of likely N-dealkylation sites (N-methyl/N-ethyl adjacent to an activating group) is 1. The standard InChI is InChI=1S/C23H41N7O.HI/c1-4-30-13-8-9-20(30)16-24-22(25-17-21-28-27-18(2)29(21)3)26-19-10-14-31-23(15-19)11-6-5-7-12-23;/h19-20H,4-17H2,1-3H3,(H2,24,25,26);1H. The number of nitrogens with one attached hydrogen (secondary N) is 2. The molecule has 1 saturated carbocycles. The Hall–Kier alpha value is -0.940.